The van der Waals surface area contributed by atoms with Crippen molar-refractivity contribution in [3.63, 3.8) is 0 Å². The predicted molar refractivity (Wildman–Crippen MR) is 77.6 cm³/mol. The molecule has 0 radical (unpaired) electrons. The van der Waals surface area contributed by atoms with Gasteiger partial charge in [-0.1, -0.05) is 18.2 Å². The van der Waals surface area contributed by atoms with Gasteiger partial charge in [0.15, 0.2) is 0 Å². The summed E-state index contributed by atoms with van der Waals surface area (Å²) in [5, 5.41) is 13.1. The van der Waals surface area contributed by atoms with Gasteiger partial charge in [0.05, 0.1) is 19.3 Å². The second-order valence-electron chi connectivity index (χ2n) is 4.65. The van der Waals surface area contributed by atoms with Gasteiger partial charge >= 0.3 is 5.97 Å². The van der Waals surface area contributed by atoms with Crippen molar-refractivity contribution in [1.29, 1.82) is 0 Å². The van der Waals surface area contributed by atoms with E-state index in [4.69, 9.17) is 13.9 Å². The summed E-state index contributed by atoms with van der Waals surface area (Å²) in [7, 11) is 3.21. The van der Waals surface area contributed by atoms with Crippen LogP contribution < -0.4 is 5.32 Å². The molecule has 0 aliphatic heterocycles. The number of benzene rings is 1. The monoisotopic (exact) mass is 293 g/mol. The molecule has 2 N–H and O–H groups in total. The molecule has 0 aliphatic carbocycles. The zero-order valence-corrected chi connectivity index (χ0v) is 12.1. The molecule has 0 saturated carbocycles. The number of methoxy groups -OCH3 is 2. The van der Waals surface area contributed by atoms with Gasteiger partial charge in [0, 0.05) is 26.2 Å². The second-order valence-corrected chi connectivity index (χ2v) is 4.65. The van der Waals surface area contributed by atoms with Gasteiger partial charge < -0.3 is 24.3 Å². The molecule has 21 heavy (non-hydrogen) atoms. The Morgan fingerprint density at radius 2 is 2.14 bits per heavy atom. The smallest absolute Gasteiger partial charge is 0.339 e. The summed E-state index contributed by atoms with van der Waals surface area (Å²) < 4.78 is 15.9. The van der Waals surface area contributed by atoms with E-state index < -0.39 is 5.97 Å². The number of hydrogen-bond donors (Lipinski definition) is 2. The molecular weight excluding hydrogens is 274 g/mol. The molecule has 2 aromatic rings. The number of carboxylic acid groups (broad SMARTS) is 1. The third-order valence-corrected chi connectivity index (χ3v) is 3.23. The maximum atomic E-state index is 11.4. The SMILES string of the molecule is COCC(CNCc1oc2ccccc2c1C(=O)O)OC. The number of rotatable bonds is 8. The Bertz CT molecular complexity index is 607. The second kappa shape index (κ2) is 7.21. The minimum absolute atomic E-state index is 0.0901. The Kier molecular flexibility index (Phi) is 5.32. The summed E-state index contributed by atoms with van der Waals surface area (Å²) >= 11 is 0. The molecule has 6 heteroatoms. The van der Waals surface area contributed by atoms with Crippen LogP contribution in [0, 0.1) is 0 Å². The van der Waals surface area contributed by atoms with E-state index in [2.05, 4.69) is 5.32 Å². The molecule has 114 valence electrons. The van der Waals surface area contributed by atoms with Crippen LogP contribution in [0.5, 0.6) is 0 Å². The van der Waals surface area contributed by atoms with E-state index in [-0.39, 0.29) is 11.7 Å². The number of hydrogen-bond acceptors (Lipinski definition) is 5. The van der Waals surface area contributed by atoms with Crippen molar-refractivity contribution in [1.82, 2.24) is 5.32 Å². The van der Waals surface area contributed by atoms with Crippen molar-refractivity contribution in [2.45, 2.75) is 12.6 Å². The Morgan fingerprint density at radius 1 is 1.38 bits per heavy atom. The Hall–Kier alpha value is -1.89. The molecule has 6 nitrogen and oxygen atoms in total. The van der Waals surface area contributed by atoms with E-state index in [1.165, 1.54) is 0 Å². The van der Waals surface area contributed by atoms with Crippen LogP contribution in [0.15, 0.2) is 28.7 Å². The number of furan rings is 1. The first-order chi connectivity index (χ1) is 10.2. The van der Waals surface area contributed by atoms with Crippen LogP contribution in [0.2, 0.25) is 0 Å². The van der Waals surface area contributed by atoms with Crippen molar-refractivity contribution >= 4 is 16.9 Å². The largest absolute Gasteiger partial charge is 0.478 e. The van der Waals surface area contributed by atoms with Crippen molar-refractivity contribution in [2.24, 2.45) is 0 Å². The lowest BCUT2D eigenvalue weighted by molar-refractivity contribution is 0.0285. The van der Waals surface area contributed by atoms with Crippen LogP contribution in [0.3, 0.4) is 0 Å². The minimum Gasteiger partial charge on any atom is -0.478 e. The van der Waals surface area contributed by atoms with Crippen molar-refractivity contribution in [3.8, 4) is 0 Å². The third-order valence-electron chi connectivity index (χ3n) is 3.23. The number of fused-ring (bicyclic) bond motifs is 1. The van der Waals surface area contributed by atoms with Crippen LogP contribution in [0.1, 0.15) is 16.1 Å². The zero-order valence-electron chi connectivity index (χ0n) is 12.1. The standard InChI is InChI=1S/C15H19NO5/c1-19-9-10(20-2)7-16-8-13-14(15(17)18)11-5-3-4-6-12(11)21-13/h3-6,10,16H,7-9H2,1-2H3,(H,17,18). The summed E-state index contributed by atoms with van der Waals surface area (Å²) in [6.45, 7) is 1.33. The third kappa shape index (κ3) is 3.60. The van der Waals surface area contributed by atoms with Crippen molar-refractivity contribution < 1.29 is 23.8 Å². The van der Waals surface area contributed by atoms with Gasteiger partial charge in [-0.3, -0.25) is 0 Å². The molecular formula is C15H19NO5. The Balaban J connectivity index is 2.11. The predicted octanol–water partition coefficient (Wildman–Crippen LogP) is 1.88. The molecule has 1 aromatic carbocycles. The van der Waals surface area contributed by atoms with Gasteiger partial charge in [0.2, 0.25) is 0 Å². The first-order valence-electron chi connectivity index (χ1n) is 6.63. The van der Waals surface area contributed by atoms with E-state index in [9.17, 15) is 9.90 Å². The van der Waals surface area contributed by atoms with E-state index in [0.29, 0.717) is 36.4 Å². The summed E-state index contributed by atoms with van der Waals surface area (Å²) in [6, 6.07) is 7.11. The molecule has 1 unspecified atom stereocenters. The minimum atomic E-state index is -0.989. The molecule has 1 heterocycles. The Morgan fingerprint density at radius 3 is 2.81 bits per heavy atom. The molecule has 0 saturated heterocycles. The number of carboxylic acids is 1. The fraction of sp³-hybridized carbons (Fsp3) is 0.400. The first-order valence-corrected chi connectivity index (χ1v) is 6.63. The Labute approximate surface area is 122 Å². The van der Waals surface area contributed by atoms with E-state index in [1.807, 2.05) is 6.07 Å². The van der Waals surface area contributed by atoms with Crippen LogP contribution in [0.25, 0.3) is 11.0 Å². The fourth-order valence-electron chi connectivity index (χ4n) is 2.20. The highest BCUT2D eigenvalue weighted by molar-refractivity contribution is 6.03. The lowest BCUT2D eigenvalue weighted by atomic mass is 10.1. The van der Waals surface area contributed by atoms with Gasteiger partial charge in [-0.05, 0) is 6.07 Å². The quantitative estimate of drug-likeness (QED) is 0.773. The molecule has 0 spiro atoms. The topological polar surface area (TPSA) is 80.9 Å². The summed E-state index contributed by atoms with van der Waals surface area (Å²) in [5.74, 6) is -0.576. The molecule has 0 amide bonds. The number of nitrogens with one attached hydrogen (secondary N) is 1. The normalized spacial score (nSPS) is 12.7. The number of ether oxygens (including phenoxy) is 2. The van der Waals surface area contributed by atoms with Crippen molar-refractivity contribution in [2.75, 3.05) is 27.4 Å². The van der Waals surface area contributed by atoms with Crippen molar-refractivity contribution in [3.05, 3.63) is 35.6 Å². The number of aromatic carboxylic acids is 1. The highest BCUT2D eigenvalue weighted by Crippen LogP contribution is 2.25. The lowest BCUT2D eigenvalue weighted by Gasteiger charge is -2.14. The van der Waals surface area contributed by atoms with Crippen LogP contribution >= 0.6 is 0 Å². The maximum Gasteiger partial charge on any atom is 0.339 e. The van der Waals surface area contributed by atoms with Crippen LogP contribution in [-0.2, 0) is 16.0 Å². The van der Waals surface area contributed by atoms with E-state index in [1.54, 1.807) is 32.4 Å². The molecule has 0 bridgehead atoms. The lowest BCUT2D eigenvalue weighted by Crippen LogP contribution is -2.31. The summed E-state index contributed by atoms with van der Waals surface area (Å²) in [4.78, 5) is 11.4. The van der Waals surface area contributed by atoms with Crippen LogP contribution in [0.4, 0.5) is 0 Å². The van der Waals surface area contributed by atoms with Gasteiger partial charge in [0.1, 0.15) is 16.9 Å². The highest BCUT2D eigenvalue weighted by Gasteiger charge is 2.19. The van der Waals surface area contributed by atoms with Gasteiger partial charge in [-0.2, -0.15) is 0 Å². The average molecular weight is 293 g/mol. The summed E-state index contributed by atoms with van der Waals surface area (Å²) in [5.41, 5.74) is 0.783. The molecule has 2 rings (SSSR count). The first kappa shape index (κ1) is 15.5. The highest BCUT2D eigenvalue weighted by atomic mass is 16.5. The average Bonchev–Trinajstić information content (AvgIpc) is 2.84. The van der Waals surface area contributed by atoms with Gasteiger partial charge in [-0.15, -0.1) is 0 Å². The van der Waals surface area contributed by atoms with E-state index in [0.717, 1.165) is 0 Å². The molecule has 0 fully saturated rings. The van der Waals surface area contributed by atoms with Crippen LogP contribution in [-0.4, -0.2) is 44.6 Å². The van der Waals surface area contributed by atoms with E-state index >= 15 is 0 Å². The number of para-hydroxylation sites is 1. The van der Waals surface area contributed by atoms with Gasteiger partial charge in [0.25, 0.3) is 0 Å². The number of carbonyl (C=O) groups is 1. The van der Waals surface area contributed by atoms with Gasteiger partial charge in [-0.25, -0.2) is 4.79 Å². The molecule has 1 atom stereocenters. The molecule has 0 aliphatic rings. The molecule has 1 aromatic heterocycles. The maximum absolute atomic E-state index is 11.4. The fourth-order valence-corrected chi connectivity index (χ4v) is 2.20. The zero-order chi connectivity index (χ0) is 15.2. The summed E-state index contributed by atoms with van der Waals surface area (Å²) in [6.07, 6.45) is -0.0901.